The number of ketones is 2. The first-order valence-corrected chi connectivity index (χ1v) is 14.8. The first-order chi connectivity index (χ1) is 20.9. The van der Waals surface area contributed by atoms with E-state index in [1.54, 1.807) is 12.1 Å². The van der Waals surface area contributed by atoms with Gasteiger partial charge in [0, 0.05) is 27.2 Å². The van der Waals surface area contributed by atoms with Gasteiger partial charge < -0.3 is 15.5 Å². The molecule has 0 aromatic heterocycles. The molecule has 230 valence electrons. The molecule has 11 heteroatoms. The molecular formula is C33H30F3NO6S. The highest BCUT2D eigenvalue weighted by Crippen LogP contribution is 2.37. The van der Waals surface area contributed by atoms with Gasteiger partial charge in [0.2, 0.25) is 0 Å². The minimum atomic E-state index is -4.53. The van der Waals surface area contributed by atoms with Gasteiger partial charge in [-0.25, -0.2) is 4.79 Å². The molecule has 1 unspecified atom stereocenters. The fourth-order valence-corrected chi connectivity index (χ4v) is 5.62. The number of hydrogen-bond acceptors (Lipinski definition) is 6. The maximum absolute atomic E-state index is 13.8. The number of carboxylic acids is 1. The van der Waals surface area contributed by atoms with E-state index in [2.05, 4.69) is 5.32 Å². The van der Waals surface area contributed by atoms with Gasteiger partial charge in [-0.3, -0.25) is 14.4 Å². The third kappa shape index (κ3) is 8.90. The summed E-state index contributed by atoms with van der Waals surface area (Å²) in [4.78, 5) is 50.0. The fourth-order valence-electron chi connectivity index (χ4n) is 5.02. The number of Topliss-reactive ketones (excluding diaryl/α,β-unsaturated/α-hetero) is 1. The Labute approximate surface area is 256 Å². The Kier molecular flexibility index (Phi) is 10.8. The van der Waals surface area contributed by atoms with Gasteiger partial charge in [-0.15, -0.1) is 0 Å². The van der Waals surface area contributed by atoms with Gasteiger partial charge in [0.25, 0.3) is 5.91 Å². The molecule has 44 heavy (non-hydrogen) atoms. The lowest BCUT2D eigenvalue weighted by atomic mass is 9.83. The third-order valence-electron chi connectivity index (χ3n) is 7.32. The number of carboxylic acid groups (broad SMARTS) is 1. The first-order valence-electron chi connectivity index (χ1n) is 14.0. The molecule has 7 nitrogen and oxygen atoms in total. The largest absolute Gasteiger partial charge is 0.479 e. The number of hydrogen-bond donors (Lipinski definition) is 3. The van der Waals surface area contributed by atoms with Crippen LogP contribution in [0.25, 0.3) is 5.57 Å². The Bertz CT molecular complexity index is 1540. The Morgan fingerprint density at radius 3 is 2.09 bits per heavy atom. The summed E-state index contributed by atoms with van der Waals surface area (Å²) in [5, 5.41) is 20.4. The third-order valence-corrected chi connectivity index (χ3v) is 8.04. The van der Waals surface area contributed by atoms with Crippen LogP contribution in [0.5, 0.6) is 0 Å². The van der Waals surface area contributed by atoms with E-state index >= 15 is 0 Å². The average Bonchev–Trinajstić information content (AvgIpc) is 3.01. The van der Waals surface area contributed by atoms with E-state index in [0.717, 1.165) is 43.4 Å². The number of nitrogens with one attached hydrogen (secondary N) is 1. The van der Waals surface area contributed by atoms with Crippen molar-refractivity contribution >= 4 is 40.8 Å². The Morgan fingerprint density at radius 2 is 1.48 bits per heavy atom. The summed E-state index contributed by atoms with van der Waals surface area (Å²) in [5.74, 6) is -2.94. The van der Waals surface area contributed by atoms with E-state index in [0.29, 0.717) is 11.5 Å². The molecular weight excluding hydrogens is 595 g/mol. The number of aliphatic carboxylic acids is 1. The van der Waals surface area contributed by atoms with Crippen LogP contribution in [-0.2, 0) is 4.79 Å². The van der Waals surface area contributed by atoms with Crippen LogP contribution in [-0.4, -0.2) is 51.8 Å². The van der Waals surface area contributed by atoms with Gasteiger partial charge in [0.1, 0.15) is 0 Å². The summed E-state index contributed by atoms with van der Waals surface area (Å²) in [5.41, 5.74) is -2.68. The van der Waals surface area contributed by atoms with Crippen molar-refractivity contribution in [3.63, 3.8) is 0 Å². The standard InChI is InChI=1S/C33H30F3NO6S/c34-33(35,36)44-26-8-4-7-25(17-26)28(38)18-27(22-11-9-21(10-12-22)20-5-2-1-3-6-20)30(40)23-13-15-24(16-14-23)31(41)37-19-29(39)32(42)43/h4,7-18,20,29,39H,1-3,5-6,19H2,(H,37,41)(H,42,43)/b27-18+. The molecule has 0 radical (unpaired) electrons. The molecule has 1 amide bonds. The number of amides is 1. The molecule has 0 saturated heterocycles. The Hall–Kier alpha value is -4.22. The first kappa shape index (κ1) is 32.7. The van der Waals surface area contributed by atoms with Crippen LogP contribution in [0.2, 0.25) is 0 Å². The summed E-state index contributed by atoms with van der Waals surface area (Å²) in [6.45, 7) is -0.511. The van der Waals surface area contributed by atoms with Crippen molar-refractivity contribution in [1.82, 2.24) is 5.32 Å². The molecule has 0 spiro atoms. The Balaban J connectivity index is 1.63. The molecule has 1 atom stereocenters. The zero-order valence-corrected chi connectivity index (χ0v) is 24.3. The van der Waals surface area contributed by atoms with E-state index in [1.165, 1.54) is 48.9 Å². The van der Waals surface area contributed by atoms with Gasteiger partial charge in [-0.1, -0.05) is 67.8 Å². The van der Waals surface area contributed by atoms with E-state index in [-0.39, 0.29) is 38.9 Å². The summed E-state index contributed by atoms with van der Waals surface area (Å²) in [6, 6.07) is 17.9. The quantitative estimate of drug-likeness (QED) is 0.124. The maximum Gasteiger partial charge on any atom is 0.446 e. The maximum atomic E-state index is 13.8. The van der Waals surface area contributed by atoms with Crippen LogP contribution in [0.4, 0.5) is 13.2 Å². The predicted octanol–water partition coefficient (Wildman–Crippen LogP) is 6.67. The van der Waals surface area contributed by atoms with E-state index < -0.39 is 41.6 Å². The second-order valence-corrected chi connectivity index (χ2v) is 11.6. The van der Waals surface area contributed by atoms with Crippen molar-refractivity contribution in [1.29, 1.82) is 0 Å². The molecule has 4 rings (SSSR count). The number of allylic oxidation sites excluding steroid dienone is 2. The highest BCUT2D eigenvalue weighted by atomic mass is 32.2. The lowest BCUT2D eigenvalue weighted by Crippen LogP contribution is -2.36. The molecule has 3 aromatic carbocycles. The number of thioether (sulfide) groups is 1. The summed E-state index contributed by atoms with van der Waals surface area (Å²) in [6.07, 6.45) is 4.97. The van der Waals surface area contributed by atoms with Crippen molar-refractivity contribution in [2.45, 2.75) is 54.5 Å². The van der Waals surface area contributed by atoms with Crippen molar-refractivity contribution in [2.75, 3.05) is 6.54 Å². The lowest BCUT2D eigenvalue weighted by Gasteiger charge is -2.22. The zero-order chi connectivity index (χ0) is 31.9. The van der Waals surface area contributed by atoms with Gasteiger partial charge in [0.05, 0.1) is 6.54 Å². The monoisotopic (exact) mass is 625 g/mol. The molecule has 0 bridgehead atoms. The van der Waals surface area contributed by atoms with Gasteiger partial charge in [-0.05, 0) is 72.0 Å². The molecule has 1 aliphatic carbocycles. The summed E-state index contributed by atoms with van der Waals surface area (Å²) in [7, 11) is 0. The molecule has 1 fully saturated rings. The SMILES string of the molecule is O=C(/C=C(/C(=O)c1ccc(C(=O)NCC(O)C(=O)O)cc1)c1ccc(C2CCCCC2)cc1)c1cccc(SC(F)(F)F)c1. The molecule has 3 aromatic rings. The number of halogens is 3. The lowest BCUT2D eigenvalue weighted by molar-refractivity contribution is -0.146. The van der Waals surface area contributed by atoms with E-state index in [9.17, 15) is 37.5 Å². The molecule has 1 saturated carbocycles. The number of alkyl halides is 3. The number of rotatable bonds is 11. The van der Waals surface area contributed by atoms with Crippen LogP contribution in [0.3, 0.4) is 0 Å². The number of carbonyl (C=O) groups excluding carboxylic acids is 3. The van der Waals surface area contributed by atoms with E-state index in [1.807, 2.05) is 12.1 Å². The predicted molar refractivity (Wildman–Crippen MR) is 160 cm³/mol. The molecule has 3 N–H and O–H groups in total. The molecule has 1 aliphatic rings. The normalized spacial score (nSPS) is 15.0. The topological polar surface area (TPSA) is 121 Å². The van der Waals surface area contributed by atoms with Crippen LogP contribution in [0.15, 0.2) is 83.8 Å². The zero-order valence-electron chi connectivity index (χ0n) is 23.5. The smallest absolute Gasteiger partial charge is 0.446 e. The van der Waals surface area contributed by atoms with Crippen molar-refractivity contribution in [2.24, 2.45) is 0 Å². The summed E-state index contributed by atoms with van der Waals surface area (Å²) < 4.78 is 38.7. The average molecular weight is 626 g/mol. The highest BCUT2D eigenvalue weighted by molar-refractivity contribution is 8.00. The number of aliphatic hydroxyl groups excluding tert-OH is 1. The van der Waals surface area contributed by atoms with Crippen LogP contribution in [0.1, 0.15) is 80.2 Å². The minimum Gasteiger partial charge on any atom is -0.479 e. The van der Waals surface area contributed by atoms with Gasteiger partial charge >= 0.3 is 11.5 Å². The van der Waals surface area contributed by atoms with Crippen molar-refractivity contribution in [3.05, 3.63) is 107 Å². The minimum absolute atomic E-state index is 0.0149. The summed E-state index contributed by atoms with van der Waals surface area (Å²) >= 11 is -0.340. The second kappa shape index (κ2) is 14.5. The van der Waals surface area contributed by atoms with E-state index in [4.69, 9.17) is 5.11 Å². The molecule has 0 aliphatic heterocycles. The second-order valence-electron chi connectivity index (χ2n) is 10.4. The Morgan fingerprint density at radius 1 is 0.864 bits per heavy atom. The fraction of sp³-hybridized carbons (Fsp3) is 0.273. The van der Waals surface area contributed by atoms with Gasteiger partial charge in [-0.2, -0.15) is 13.2 Å². The number of benzene rings is 3. The number of aliphatic hydroxyl groups is 1. The molecule has 0 heterocycles. The van der Waals surface area contributed by atoms with Crippen LogP contribution < -0.4 is 5.32 Å². The van der Waals surface area contributed by atoms with Gasteiger partial charge in [0.15, 0.2) is 17.7 Å². The van der Waals surface area contributed by atoms with Crippen LogP contribution in [0, 0.1) is 0 Å². The van der Waals surface area contributed by atoms with Crippen molar-refractivity contribution < 1.29 is 42.6 Å². The van der Waals surface area contributed by atoms with Crippen LogP contribution >= 0.6 is 11.8 Å². The highest BCUT2D eigenvalue weighted by Gasteiger charge is 2.29. The van der Waals surface area contributed by atoms with Crippen molar-refractivity contribution in [3.8, 4) is 0 Å². The number of carbonyl (C=O) groups is 4.